The van der Waals surface area contributed by atoms with Gasteiger partial charge in [-0.25, -0.2) is 0 Å². The molecule has 0 bridgehead atoms. The summed E-state index contributed by atoms with van der Waals surface area (Å²) in [4.78, 5) is 13.4. The Bertz CT molecular complexity index is 488. The fourth-order valence-corrected chi connectivity index (χ4v) is 3.47. The topological polar surface area (TPSA) is 49.8 Å². The smallest absolute Gasteiger partial charge is 0.307 e. The largest absolute Gasteiger partial charge is 0.481 e. The maximum absolute atomic E-state index is 11.0. The van der Waals surface area contributed by atoms with Crippen LogP contribution in [0.5, 0.6) is 0 Å². The zero-order valence-corrected chi connectivity index (χ0v) is 11.6. The average molecular weight is 275 g/mol. The molecule has 1 saturated carbocycles. The minimum Gasteiger partial charge on any atom is -0.481 e. The predicted molar refractivity (Wildman–Crippen MR) is 75.6 cm³/mol. The van der Waals surface area contributed by atoms with Crippen LogP contribution in [-0.4, -0.2) is 41.3 Å². The molecule has 1 saturated heterocycles. The number of rotatable bonds is 4. The Kier molecular flexibility index (Phi) is 4.03. The number of carboxylic acid groups (broad SMARTS) is 1. The molecule has 2 fully saturated rings. The van der Waals surface area contributed by atoms with Gasteiger partial charge in [-0.15, -0.1) is 0 Å². The van der Waals surface area contributed by atoms with Crippen molar-refractivity contribution in [1.82, 2.24) is 4.90 Å². The van der Waals surface area contributed by atoms with Crippen molar-refractivity contribution in [3.05, 3.63) is 35.4 Å². The summed E-state index contributed by atoms with van der Waals surface area (Å²) < 4.78 is 5.83. The van der Waals surface area contributed by atoms with Gasteiger partial charge in [0.15, 0.2) is 0 Å². The SMILES string of the molecule is O=C(O)Cc1ccccc1CN1CCOC2CCCC21. The molecule has 2 unspecified atom stereocenters. The quantitative estimate of drug-likeness (QED) is 0.914. The van der Waals surface area contributed by atoms with Crippen LogP contribution in [0.15, 0.2) is 24.3 Å². The normalized spacial score (nSPS) is 26.4. The molecule has 0 amide bonds. The second-order valence-corrected chi connectivity index (χ2v) is 5.72. The summed E-state index contributed by atoms with van der Waals surface area (Å²) in [5.41, 5.74) is 2.07. The molecule has 108 valence electrons. The molecule has 2 aliphatic rings. The second kappa shape index (κ2) is 5.94. The first-order valence-corrected chi connectivity index (χ1v) is 7.38. The van der Waals surface area contributed by atoms with Crippen molar-refractivity contribution in [2.75, 3.05) is 13.2 Å². The van der Waals surface area contributed by atoms with Crippen molar-refractivity contribution in [1.29, 1.82) is 0 Å². The highest BCUT2D eigenvalue weighted by atomic mass is 16.5. The molecular formula is C16H21NO3. The summed E-state index contributed by atoms with van der Waals surface area (Å²) in [5.74, 6) is -0.766. The number of morpholine rings is 1. The lowest BCUT2D eigenvalue weighted by molar-refractivity contribution is -0.136. The lowest BCUT2D eigenvalue weighted by Gasteiger charge is -2.38. The molecule has 0 radical (unpaired) electrons. The Labute approximate surface area is 119 Å². The number of hydrogen-bond donors (Lipinski definition) is 1. The molecular weight excluding hydrogens is 254 g/mol. The molecule has 2 atom stereocenters. The van der Waals surface area contributed by atoms with Crippen molar-refractivity contribution in [2.45, 2.75) is 44.4 Å². The zero-order chi connectivity index (χ0) is 13.9. The van der Waals surface area contributed by atoms with E-state index in [9.17, 15) is 4.79 Å². The maximum Gasteiger partial charge on any atom is 0.307 e. The maximum atomic E-state index is 11.0. The molecule has 1 aliphatic carbocycles. The van der Waals surface area contributed by atoms with Crippen LogP contribution >= 0.6 is 0 Å². The molecule has 3 rings (SSSR count). The van der Waals surface area contributed by atoms with Crippen LogP contribution in [0.2, 0.25) is 0 Å². The Morgan fingerprint density at radius 3 is 2.90 bits per heavy atom. The highest BCUT2D eigenvalue weighted by Gasteiger charge is 2.35. The number of nitrogens with zero attached hydrogens (tertiary/aromatic N) is 1. The van der Waals surface area contributed by atoms with E-state index in [1.807, 2.05) is 18.2 Å². The van der Waals surface area contributed by atoms with E-state index in [0.29, 0.717) is 12.1 Å². The summed E-state index contributed by atoms with van der Waals surface area (Å²) in [6.07, 6.45) is 4.09. The summed E-state index contributed by atoms with van der Waals surface area (Å²) >= 11 is 0. The van der Waals surface area contributed by atoms with E-state index in [2.05, 4.69) is 11.0 Å². The monoisotopic (exact) mass is 275 g/mol. The highest BCUT2D eigenvalue weighted by molar-refractivity contribution is 5.70. The highest BCUT2D eigenvalue weighted by Crippen LogP contribution is 2.31. The van der Waals surface area contributed by atoms with Crippen LogP contribution in [0.4, 0.5) is 0 Å². The zero-order valence-electron chi connectivity index (χ0n) is 11.6. The first-order valence-electron chi connectivity index (χ1n) is 7.38. The number of benzene rings is 1. The van der Waals surface area contributed by atoms with E-state index < -0.39 is 5.97 Å². The molecule has 4 heteroatoms. The van der Waals surface area contributed by atoms with Gasteiger partial charge in [0.05, 0.1) is 19.1 Å². The molecule has 1 aromatic carbocycles. The summed E-state index contributed by atoms with van der Waals surface area (Å²) in [6.45, 7) is 2.58. The van der Waals surface area contributed by atoms with E-state index in [4.69, 9.17) is 9.84 Å². The van der Waals surface area contributed by atoms with Gasteiger partial charge in [-0.2, -0.15) is 0 Å². The molecule has 1 aromatic rings. The van der Waals surface area contributed by atoms with Crippen LogP contribution in [-0.2, 0) is 22.5 Å². The van der Waals surface area contributed by atoms with Gasteiger partial charge < -0.3 is 9.84 Å². The van der Waals surface area contributed by atoms with Gasteiger partial charge in [0, 0.05) is 19.1 Å². The van der Waals surface area contributed by atoms with E-state index in [1.165, 1.54) is 12.8 Å². The van der Waals surface area contributed by atoms with Crippen LogP contribution < -0.4 is 0 Å². The number of aliphatic carboxylic acids is 1. The van der Waals surface area contributed by atoms with Crippen LogP contribution in [0.3, 0.4) is 0 Å². The molecule has 0 spiro atoms. The third-order valence-electron chi connectivity index (χ3n) is 4.43. The van der Waals surface area contributed by atoms with Crippen molar-refractivity contribution in [3.63, 3.8) is 0 Å². The molecule has 1 heterocycles. The molecule has 4 nitrogen and oxygen atoms in total. The Balaban J connectivity index is 1.75. The van der Waals surface area contributed by atoms with Gasteiger partial charge in [-0.05, 0) is 30.4 Å². The van der Waals surface area contributed by atoms with E-state index in [1.54, 1.807) is 0 Å². The standard InChI is InChI=1S/C16H21NO3/c18-16(19)10-12-4-1-2-5-13(12)11-17-8-9-20-15-7-3-6-14(15)17/h1-2,4-5,14-15H,3,6-11H2,(H,18,19). The van der Waals surface area contributed by atoms with Crippen molar-refractivity contribution in [3.8, 4) is 0 Å². The molecule has 20 heavy (non-hydrogen) atoms. The Morgan fingerprint density at radius 2 is 2.10 bits per heavy atom. The number of fused-ring (bicyclic) bond motifs is 1. The number of carboxylic acids is 1. The Morgan fingerprint density at radius 1 is 1.30 bits per heavy atom. The molecule has 0 aromatic heterocycles. The van der Waals surface area contributed by atoms with Gasteiger partial charge in [0.1, 0.15) is 0 Å². The van der Waals surface area contributed by atoms with Crippen molar-refractivity contribution < 1.29 is 14.6 Å². The Hall–Kier alpha value is -1.39. The minimum absolute atomic E-state index is 0.106. The van der Waals surface area contributed by atoms with E-state index in [0.717, 1.165) is 37.2 Å². The number of hydrogen-bond acceptors (Lipinski definition) is 3. The first-order chi connectivity index (χ1) is 9.74. The summed E-state index contributed by atoms with van der Waals surface area (Å²) in [5, 5.41) is 9.01. The molecule has 1 aliphatic heterocycles. The van der Waals surface area contributed by atoms with Gasteiger partial charge >= 0.3 is 5.97 Å². The van der Waals surface area contributed by atoms with Crippen molar-refractivity contribution in [2.24, 2.45) is 0 Å². The number of carbonyl (C=O) groups is 1. The lowest BCUT2D eigenvalue weighted by atomic mass is 10.0. The second-order valence-electron chi connectivity index (χ2n) is 5.72. The van der Waals surface area contributed by atoms with E-state index in [-0.39, 0.29) is 6.42 Å². The average Bonchev–Trinajstić information content (AvgIpc) is 2.90. The third kappa shape index (κ3) is 2.86. The predicted octanol–water partition coefficient (Wildman–Crippen LogP) is 2.07. The summed E-state index contributed by atoms with van der Waals surface area (Å²) in [6, 6.07) is 8.40. The first kappa shape index (κ1) is 13.6. The summed E-state index contributed by atoms with van der Waals surface area (Å²) in [7, 11) is 0. The fourth-order valence-electron chi connectivity index (χ4n) is 3.47. The van der Waals surface area contributed by atoms with Gasteiger partial charge in [0.2, 0.25) is 0 Å². The third-order valence-corrected chi connectivity index (χ3v) is 4.43. The molecule has 1 N–H and O–H groups in total. The van der Waals surface area contributed by atoms with Gasteiger partial charge in [-0.3, -0.25) is 9.69 Å². The van der Waals surface area contributed by atoms with Crippen LogP contribution in [0.25, 0.3) is 0 Å². The van der Waals surface area contributed by atoms with E-state index >= 15 is 0 Å². The lowest BCUT2D eigenvalue weighted by Crippen LogP contribution is -2.47. The van der Waals surface area contributed by atoms with Crippen molar-refractivity contribution >= 4 is 5.97 Å². The van der Waals surface area contributed by atoms with Crippen LogP contribution in [0, 0.1) is 0 Å². The minimum atomic E-state index is -0.766. The van der Waals surface area contributed by atoms with Gasteiger partial charge in [-0.1, -0.05) is 24.3 Å². The fraction of sp³-hybridized carbons (Fsp3) is 0.562. The van der Waals surface area contributed by atoms with Gasteiger partial charge in [0.25, 0.3) is 0 Å². The van der Waals surface area contributed by atoms with Crippen LogP contribution in [0.1, 0.15) is 30.4 Å². The number of ether oxygens (including phenoxy) is 1.